The first-order chi connectivity index (χ1) is 10.8. The highest BCUT2D eigenvalue weighted by atomic mass is 16.5. The van der Waals surface area contributed by atoms with E-state index in [1.165, 1.54) is 0 Å². The first-order valence-electron chi connectivity index (χ1n) is 7.51. The molecule has 7 heteroatoms. The van der Waals surface area contributed by atoms with Crippen molar-refractivity contribution in [1.82, 2.24) is 19.9 Å². The molecule has 0 bridgehead atoms. The number of nitrogens with one attached hydrogen (secondary N) is 1. The van der Waals surface area contributed by atoms with Crippen molar-refractivity contribution in [3.63, 3.8) is 0 Å². The van der Waals surface area contributed by atoms with Crippen molar-refractivity contribution in [2.45, 2.75) is 24.5 Å². The summed E-state index contributed by atoms with van der Waals surface area (Å²) >= 11 is 0. The van der Waals surface area contributed by atoms with E-state index in [2.05, 4.69) is 30.2 Å². The minimum Gasteiger partial charge on any atom is -0.371 e. The molecule has 4 rings (SSSR count). The molecule has 22 heavy (non-hydrogen) atoms. The number of aromatic nitrogens is 4. The first-order valence-corrected chi connectivity index (χ1v) is 7.51. The smallest absolute Gasteiger partial charge is 0.144 e. The molecule has 2 aliphatic rings. The molecule has 1 spiro atoms. The van der Waals surface area contributed by atoms with Crippen molar-refractivity contribution in [3.05, 3.63) is 37.2 Å². The summed E-state index contributed by atoms with van der Waals surface area (Å²) in [7, 11) is 0. The highest BCUT2D eigenvalue weighted by molar-refractivity contribution is 5.40. The van der Waals surface area contributed by atoms with Gasteiger partial charge in [0.2, 0.25) is 0 Å². The molecule has 2 atom stereocenters. The van der Waals surface area contributed by atoms with E-state index in [0.29, 0.717) is 6.61 Å². The van der Waals surface area contributed by atoms with Crippen LogP contribution in [0.2, 0.25) is 0 Å². The maximum absolute atomic E-state index is 6.14. The fraction of sp³-hybridized carbons (Fsp3) is 0.467. The fourth-order valence-corrected chi connectivity index (χ4v) is 3.32. The van der Waals surface area contributed by atoms with Gasteiger partial charge in [0, 0.05) is 38.1 Å². The van der Waals surface area contributed by atoms with E-state index in [1.54, 1.807) is 31.1 Å². The summed E-state index contributed by atoms with van der Waals surface area (Å²) in [5, 5.41) is 3.40. The fourth-order valence-electron chi connectivity index (χ4n) is 3.32. The molecule has 0 aliphatic carbocycles. The highest BCUT2D eigenvalue weighted by Crippen LogP contribution is 2.37. The molecule has 2 saturated heterocycles. The maximum Gasteiger partial charge on any atom is 0.144 e. The molecule has 0 saturated carbocycles. The van der Waals surface area contributed by atoms with Crippen LogP contribution in [0.3, 0.4) is 0 Å². The van der Waals surface area contributed by atoms with E-state index >= 15 is 0 Å². The van der Waals surface area contributed by atoms with Gasteiger partial charge >= 0.3 is 0 Å². The molecule has 2 aromatic heterocycles. The van der Waals surface area contributed by atoms with E-state index in [4.69, 9.17) is 4.74 Å². The predicted molar refractivity (Wildman–Crippen MR) is 81.6 cm³/mol. The summed E-state index contributed by atoms with van der Waals surface area (Å²) in [4.78, 5) is 18.9. The highest BCUT2D eigenvalue weighted by Gasteiger charge is 2.45. The number of nitrogens with zero attached hydrogens (tertiary/aromatic N) is 5. The molecule has 0 radical (unpaired) electrons. The number of hydrogen-bond acceptors (Lipinski definition) is 7. The van der Waals surface area contributed by atoms with Gasteiger partial charge in [0.15, 0.2) is 0 Å². The van der Waals surface area contributed by atoms with Crippen LogP contribution in [0.5, 0.6) is 0 Å². The third-order valence-corrected chi connectivity index (χ3v) is 4.33. The number of hydrogen-bond donors (Lipinski definition) is 1. The Hall–Kier alpha value is -2.28. The summed E-state index contributed by atoms with van der Waals surface area (Å²) in [6, 6.07) is 2.23. The minimum atomic E-state index is -0.0785. The third kappa shape index (κ3) is 2.59. The van der Waals surface area contributed by atoms with Gasteiger partial charge in [0.1, 0.15) is 18.0 Å². The van der Waals surface area contributed by atoms with E-state index < -0.39 is 0 Å². The minimum absolute atomic E-state index is 0.0785. The zero-order chi connectivity index (χ0) is 14.8. The lowest BCUT2D eigenvalue weighted by Crippen LogP contribution is -2.33. The number of ether oxygens (including phenoxy) is 1. The molecule has 0 amide bonds. The first kappa shape index (κ1) is 13.4. The largest absolute Gasteiger partial charge is 0.371 e. The third-order valence-electron chi connectivity index (χ3n) is 4.33. The summed E-state index contributed by atoms with van der Waals surface area (Å²) < 4.78 is 6.14. The van der Waals surface area contributed by atoms with Crippen LogP contribution < -0.4 is 10.2 Å². The van der Waals surface area contributed by atoms with Crippen LogP contribution in [-0.4, -0.2) is 51.3 Å². The van der Waals surface area contributed by atoms with Gasteiger partial charge in [-0.05, 0) is 12.5 Å². The van der Waals surface area contributed by atoms with E-state index in [-0.39, 0.29) is 11.6 Å². The lowest BCUT2D eigenvalue weighted by atomic mass is 9.97. The molecular formula is C15H18N6O. The van der Waals surface area contributed by atoms with Gasteiger partial charge in [-0.25, -0.2) is 15.0 Å². The molecule has 7 nitrogen and oxygen atoms in total. The average Bonchev–Trinajstić information content (AvgIpc) is 3.17. The van der Waals surface area contributed by atoms with Gasteiger partial charge in [-0.2, -0.15) is 0 Å². The van der Waals surface area contributed by atoms with Crippen molar-refractivity contribution >= 4 is 11.6 Å². The molecule has 2 aromatic rings. The zero-order valence-corrected chi connectivity index (χ0v) is 12.2. The van der Waals surface area contributed by atoms with E-state index in [0.717, 1.165) is 37.6 Å². The van der Waals surface area contributed by atoms with Crippen molar-refractivity contribution in [3.8, 4) is 0 Å². The second-order valence-corrected chi connectivity index (χ2v) is 5.87. The summed E-state index contributed by atoms with van der Waals surface area (Å²) in [6.07, 6.45) is 10.5. The Morgan fingerprint density at radius 1 is 1.23 bits per heavy atom. The second kappa shape index (κ2) is 5.49. The van der Waals surface area contributed by atoms with Crippen molar-refractivity contribution in [2.24, 2.45) is 0 Å². The molecule has 4 heterocycles. The topological polar surface area (TPSA) is 76.1 Å². The standard InChI is InChI=1S/C15H18N6O/c1-3-17-11-19-14(1)21-6-2-15(10-21)7-12(9-22-15)20-13-8-16-4-5-18-13/h1,3-5,8,11-12H,2,6-7,9-10H2,(H,18,20)/t12-,15-/m1/s1. The normalized spacial score (nSPS) is 27.5. The molecular weight excluding hydrogens is 280 g/mol. The van der Waals surface area contributed by atoms with E-state index in [1.807, 2.05) is 6.07 Å². The van der Waals surface area contributed by atoms with Gasteiger partial charge < -0.3 is 15.0 Å². The Kier molecular flexibility index (Phi) is 3.34. The number of rotatable bonds is 3. The van der Waals surface area contributed by atoms with E-state index in [9.17, 15) is 0 Å². The lowest BCUT2D eigenvalue weighted by Gasteiger charge is -2.23. The van der Waals surface area contributed by atoms with Crippen LogP contribution in [0.4, 0.5) is 11.6 Å². The molecule has 2 fully saturated rings. The van der Waals surface area contributed by atoms with Gasteiger partial charge in [0.05, 0.1) is 24.4 Å². The molecule has 0 aromatic carbocycles. The Morgan fingerprint density at radius 3 is 3.05 bits per heavy atom. The average molecular weight is 298 g/mol. The molecule has 2 aliphatic heterocycles. The van der Waals surface area contributed by atoms with Crippen LogP contribution >= 0.6 is 0 Å². The summed E-state index contributed by atoms with van der Waals surface area (Å²) in [5.74, 6) is 1.78. The quantitative estimate of drug-likeness (QED) is 0.909. The molecule has 114 valence electrons. The Morgan fingerprint density at radius 2 is 2.23 bits per heavy atom. The Bertz CT molecular complexity index is 624. The van der Waals surface area contributed by atoms with Crippen molar-refractivity contribution in [2.75, 3.05) is 29.9 Å². The van der Waals surface area contributed by atoms with Crippen LogP contribution in [-0.2, 0) is 4.74 Å². The van der Waals surface area contributed by atoms with Crippen LogP contribution in [0.25, 0.3) is 0 Å². The van der Waals surface area contributed by atoms with Gasteiger partial charge in [-0.3, -0.25) is 4.98 Å². The van der Waals surface area contributed by atoms with Gasteiger partial charge in [-0.1, -0.05) is 0 Å². The van der Waals surface area contributed by atoms with Gasteiger partial charge in [-0.15, -0.1) is 0 Å². The van der Waals surface area contributed by atoms with Crippen LogP contribution in [0, 0.1) is 0 Å². The summed E-state index contributed by atoms with van der Waals surface area (Å²) in [6.45, 7) is 2.55. The zero-order valence-electron chi connectivity index (χ0n) is 12.2. The Balaban J connectivity index is 1.40. The SMILES string of the molecule is c1cc(N2CC[C@@]3(C[C@@H](Nc4cnccn4)CO3)C2)ncn1. The van der Waals surface area contributed by atoms with Crippen molar-refractivity contribution in [1.29, 1.82) is 0 Å². The Labute approximate surface area is 128 Å². The maximum atomic E-state index is 6.14. The lowest BCUT2D eigenvalue weighted by molar-refractivity contribution is 0.0228. The van der Waals surface area contributed by atoms with Gasteiger partial charge in [0.25, 0.3) is 0 Å². The van der Waals surface area contributed by atoms with Crippen LogP contribution in [0.1, 0.15) is 12.8 Å². The predicted octanol–water partition coefficient (Wildman–Crippen LogP) is 1.12. The van der Waals surface area contributed by atoms with Crippen LogP contribution in [0.15, 0.2) is 37.2 Å². The second-order valence-electron chi connectivity index (χ2n) is 5.87. The van der Waals surface area contributed by atoms with Crippen molar-refractivity contribution < 1.29 is 4.74 Å². The molecule has 1 N–H and O–H groups in total. The monoisotopic (exact) mass is 298 g/mol. The number of anilines is 2. The summed E-state index contributed by atoms with van der Waals surface area (Å²) in [5.41, 5.74) is -0.0785. The molecule has 0 unspecified atom stereocenters.